The highest BCUT2D eigenvalue weighted by Crippen LogP contribution is 2.63. The van der Waals surface area contributed by atoms with Crippen molar-refractivity contribution in [1.29, 1.82) is 0 Å². The molecule has 2 aliphatic rings. The van der Waals surface area contributed by atoms with Crippen LogP contribution in [0.2, 0.25) is 0 Å². The molecular formula is C49H33NS2. The van der Waals surface area contributed by atoms with E-state index >= 15 is 0 Å². The van der Waals surface area contributed by atoms with Gasteiger partial charge in [0.05, 0.1) is 5.41 Å². The van der Waals surface area contributed by atoms with Crippen molar-refractivity contribution in [2.24, 2.45) is 0 Å². The Balaban J connectivity index is 1.24. The zero-order valence-electron chi connectivity index (χ0n) is 28.3. The molecule has 8 aromatic rings. The first-order valence-corrected chi connectivity index (χ1v) is 19.3. The van der Waals surface area contributed by atoms with E-state index < -0.39 is 5.41 Å². The summed E-state index contributed by atoms with van der Waals surface area (Å²) in [4.78, 5) is 5.23. The number of para-hydroxylation sites is 1. The van der Waals surface area contributed by atoms with Gasteiger partial charge in [0, 0.05) is 36.5 Å². The second-order valence-electron chi connectivity index (χ2n) is 13.3. The summed E-state index contributed by atoms with van der Waals surface area (Å²) in [6, 6.07) is 71.0. The van der Waals surface area contributed by atoms with Gasteiger partial charge in [-0.05, 0) is 80.4 Å². The second kappa shape index (κ2) is 12.8. The molecule has 2 heterocycles. The van der Waals surface area contributed by atoms with Crippen LogP contribution in [0, 0.1) is 0 Å². The summed E-state index contributed by atoms with van der Waals surface area (Å²) < 4.78 is 0. The van der Waals surface area contributed by atoms with E-state index in [0.717, 1.165) is 11.4 Å². The Kier molecular flexibility index (Phi) is 7.63. The Hall–Kier alpha value is -5.74. The molecule has 0 radical (unpaired) electrons. The highest BCUT2D eigenvalue weighted by molar-refractivity contribution is 8.00. The van der Waals surface area contributed by atoms with Crippen molar-refractivity contribution in [2.75, 3.05) is 5.32 Å². The zero-order chi connectivity index (χ0) is 34.5. The minimum atomic E-state index is -0.496. The van der Waals surface area contributed by atoms with Crippen molar-refractivity contribution in [3.05, 3.63) is 216 Å². The molecule has 0 fully saturated rings. The van der Waals surface area contributed by atoms with E-state index in [1.54, 1.807) is 0 Å². The predicted molar refractivity (Wildman–Crippen MR) is 219 cm³/mol. The van der Waals surface area contributed by atoms with E-state index in [1.165, 1.54) is 75.2 Å². The number of hydrogen-bond acceptors (Lipinski definition) is 3. The molecule has 1 N–H and O–H groups in total. The lowest BCUT2D eigenvalue weighted by Crippen LogP contribution is -2.37. The number of hydrogen-bond donors (Lipinski definition) is 1. The van der Waals surface area contributed by atoms with Gasteiger partial charge in [0.1, 0.15) is 0 Å². The smallest absolute Gasteiger partial charge is 0.0745 e. The Morgan fingerprint density at radius 1 is 0.346 bits per heavy atom. The van der Waals surface area contributed by atoms with Crippen molar-refractivity contribution in [3.63, 3.8) is 0 Å². The quantitative estimate of drug-likeness (QED) is 0.192. The molecule has 0 aliphatic carbocycles. The minimum absolute atomic E-state index is 0.496. The number of benzene rings is 8. The largest absolute Gasteiger partial charge is 0.355 e. The summed E-state index contributed by atoms with van der Waals surface area (Å²) in [5, 5.41) is 3.77. The first-order valence-electron chi connectivity index (χ1n) is 17.7. The molecule has 0 saturated heterocycles. The van der Waals surface area contributed by atoms with Crippen molar-refractivity contribution in [2.45, 2.75) is 25.0 Å². The van der Waals surface area contributed by atoms with Gasteiger partial charge in [0.25, 0.3) is 0 Å². The lowest BCUT2D eigenvalue weighted by molar-refractivity contribution is 0.668. The summed E-state index contributed by atoms with van der Waals surface area (Å²) in [5.74, 6) is 0. The number of nitrogens with one attached hydrogen (secondary N) is 1. The lowest BCUT2D eigenvalue weighted by Gasteiger charge is -2.46. The molecule has 1 nitrogen and oxygen atoms in total. The van der Waals surface area contributed by atoms with Crippen LogP contribution in [0.1, 0.15) is 22.3 Å². The van der Waals surface area contributed by atoms with Crippen molar-refractivity contribution in [1.82, 2.24) is 0 Å². The molecule has 2 aliphatic heterocycles. The summed E-state index contributed by atoms with van der Waals surface area (Å²) >= 11 is 3.81. The van der Waals surface area contributed by atoms with Gasteiger partial charge in [-0.25, -0.2) is 0 Å². The third-order valence-electron chi connectivity index (χ3n) is 10.4. The third kappa shape index (κ3) is 4.96. The zero-order valence-corrected chi connectivity index (χ0v) is 29.9. The van der Waals surface area contributed by atoms with Crippen LogP contribution in [-0.4, -0.2) is 0 Å². The molecule has 3 heteroatoms. The van der Waals surface area contributed by atoms with E-state index in [-0.39, 0.29) is 0 Å². The molecule has 1 unspecified atom stereocenters. The molecule has 246 valence electrons. The highest BCUT2D eigenvalue weighted by Gasteiger charge is 2.49. The van der Waals surface area contributed by atoms with Crippen LogP contribution in [0.5, 0.6) is 0 Å². The van der Waals surface area contributed by atoms with Crippen LogP contribution in [-0.2, 0) is 5.41 Å². The lowest BCUT2D eigenvalue weighted by atomic mass is 9.64. The Morgan fingerprint density at radius 2 is 0.808 bits per heavy atom. The Morgan fingerprint density at radius 3 is 1.38 bits per heavy atom. The maximum absolute atomic E-state index is 3.77. The van der Waals surface area contributed by atoms with E-state index in [9.17, 15) is 0 Å². The number of rotatable bonds is 5. The molecule has 8 aromatic carbocycles. The maximum Gasteiger partial charge on any atom is 0.0745 e. The molecule has 0 aromatic heterocycles. The summed E-state index contributed by atoms with van der Waals surface area (Å²) in [5.41, 5.74) is 14.3. The normalized spacial score (nSPS) is 15.2. The average Bonchev–Trinajstić information content (AvgIpc) is 3.21. The topological polar surface area (TPSA) is 12.0 Å². The van der Waals surface area contributed by atoms with Gasteiger partial charge >= 0.3 is 0 Å². The first kappa shape index (κ1) is 31.0. The van der Waals surface area contributed by atoms with Crippen molar-refractivity contribution < 1.29 is 0 Å². The minimum Gasteiger partial charge on any atom is -0.355 e. The molecule has 1 spiro atoms. The van der Waals surface area contributed by atoms with Gasteiger partial charge in [-0.3, -0.25) is 0 Å². The molecule has 10 rings (SSSR count). The van der Waals surface area contributed by atoms with Gasteiger partial charge < -0.3 is 5.32 Å². The summed E-state index contributed by atoms with van der Waals surface area (Å²) in [6.45, 7) is 0. The molecule has 0 amide bonds. The van der Waals surface area contributed by atoms with Crippen molar-refractivity contribution in [3.8, 4) is 33.4 Å². The van der Waals surface area contributed by atoms with E-state index in [0.29, 0.717) is 0 Å². The van der Waals surface area contributed by atoms with Crippen LogP contribution in [0.25, 0.3) is 33.4 Å². The summed E-state index contributed by atoms with van der Waals surface area (Å²) in [6.07, 6.45) is 0. The maximum atomic E-state index is 3.77. The van der Waals surface area contributed by atoms with Crippen LogP contribution in [0.3, 0.4) is 0 Å². The fourth-order valence-electron chi connectivity index (χ4n) is 8.14. The first-order chi connectivity index (χ1) is 25.8. The van der Waals surface area contributed by atoms with Crippen LogP contribution in [0.4, 0.5) is 11.4 Å². The van der Waals surface area contributed by atoms with Crippen LogP contribution < -0.4 is 5.32 Å². The second-order valence-corrected chi connectivity index (χ2v) is 15.4. The molecular weight excluding hydrogens is 667 g/mol. The fourth-order valence-corrected chi connectivity index (χ4v) is 10.8. The fraction of sp³-hybridized carbons (Fsp3) is 0.0204. The van der Waals surface area contributed by atoms with Crippen LogP contribution in [0.15, 0.2) is 214 Å². The van der Waals surface area contributed by atoms with E-state index in [4.69, 9.17) is 0 Å². The van der Waals surface area contributed by atoms with E-state index in [2.05, 4.69) is 199 Å². The van der Waals surface area contributed by atoms with Crippen molar-refractivity contribution >= 4 is 34.9 Å². The van der Waals surface area contributed by atoms with Crippen LogP contribution >= 0.6 is 23.5 Å². The molecule has 0 saturated carbocycles. The SMILES string of the molecule is c1ccc(Nc2cc(-c3cccc4c3Sc3ccccc3C43c4ccccc4Sc4c(-c5ccccc5)cccc43)ccc2-c2ccccc2)cc1. The molecule has 52 heavy (non-hydrogen) atoms. The van der Waals surface area contributed by atoms with Gasteiger partial charge in [-0.1, -0.05) is 187 Å². The molecule has 1 atom stereocenters. The number of fused-ring (bicyclic) bond motifs is 8. The summed E-state index contributed by atoms with van der Waals surface area (Å²) in [7, 11) is 0. The van der Waals surface area contributed by atoms with Gasteiger partial charge in [0.2, 0.25) is 0 Å². The number of anilines is 2. The predicted octanol–water partition coefficient (Wildman–Crippen LogP) is 13.7. The van der Waals surface area contributed by atoms with Gasteiger partial charge in [-0.2, -0.15) is 0 Å². The standard InChI is InChI=1S/C49H33NS2/c1-4-16-33(17-5-1)37-31-30-35(32-44(37)50-36-20-8-3-9-21-36)39-23-15-27-43-48(39)52-46-29-13-11-25-41(46)49(43)40-24-10-12-28-45(40)51-47-38(22-14-26-42(47)49)34-18-6-2-7-19-34/h1-32,50H. The van der Waals surface area contributed by atoms with Gasteiger partial charge in [-0.15, -0.1) is 0 Å². The monoisotopic (exact) mass is 699 g/mol. The molecule has 0 bridgehead atoms. The average molecular weight is 700 g/mol. The van der Waals surface area contributed by atoms with E-state index in [1.807, 2.05) is 23.5 Å². The third-order valence-corrected chi connectivity index (χ3v) is 12.8. The highest BCUT2D eigenvalue weighted by atomic mass is 32.2. The van der Waals surface area contributed by atoms with Gasteiger partial charge in [0.15, 0.2) is 0 Å². The Bertz CT molecular complexity index is 2590. The Labute approximate surface area is 313 Å².